The molecule has 130 valence electrons. The molecule has 0 bridgehead atoms. The van der Waals surface area contributed by atoms with Gasteiger partial charge in [0, 0.05) is 19.5 Å². The molecule has 0 unspecified atom stereocenters. The Morgan fingerprint density at radius 2 is 1.92 bits per heavy atom. The number of carbonyl (C=O) groups is 1. The number of benzene rings is 2. The largest absolute Gasteiger partial charge is 0.497 e. The fraction of sp³-hybridized carbons (Fsp3) is 0.333. The van der Waals surface area contributed by atoms with E-state index in [9.17, 15) is 4.79 Å². The van der Waals surface area contributed by atoms with E-state index in [2.05, 4.69) is 13.0 Å². The Morgan fingerprint density at radius 3 is 2.56 bits per heavy atom. The highest BCUT2D eigenvalue weighted by molar-refractivity contribution is 5.76. The standard InChI is InChI=1S/C21H24N2O2/c1-3-13-23(16-19-9-7-18(15-22)8-10-19)21(24)12-11-17-5-4-6-20(14-17)25-2/h4-10,14H,3,11-13,16H2,1-2H3. The number of carbonyl (C=O) groups excluding carboxylic acids is 1. The van der Waals surface area contributed by atoms with Crippen molar-refractivity contribution in [3.63, 3.8) is 0 Å². The maximum Gasteiger partial charge on any atom is 0.223 e. The highest BCUT2D eigenvalue weighted by Crippen LogP contribution is 2.15. The van der Waals surface area contributed by atoms with Crippen molar-refractivity contribution in [2.45, 2.75) is 32.7 Å². The van der Waals surface area contributed by atoms with Gasteiger partial charge in [-0.25, -0.2) is 0 Å². The lowest BCUT2D eigenvalue weighted by Gasteiger charge is -2.22. The third-order valence-electron chi connectivity index (χ3n) is 4.06. The summed E-state index contributed by atoms with van der Waals surface area (Å²) >= 11 is 0. The smallest absolute Gasteiger partial charge is 0.223 e. The minimum absolute atomic E-state index is 0.147. The number of hydrogen-bond donors (Lipinski definition) is 0. The van der Waals surface area contributed by atoms with E-state index in [0.29, 0.717) is 24.9 Å². The summed E-state index contributed by atoms with van der Waals surface area (Å²) in [4.78, 5) is 14.5. The number of nitriles is 1. The first-order chi connectivity index (χ1) is 12.2. The van der Waals surface area contributed by atoms with Crippen LogP contribution in [0.4, 0.5) is 0 Å². The quantitative estimate of drug-likeness (QED) is 0.734. The highest BCUT2D eigenvalue weighted by atomic mass is 16.5. The van der Waals surface area contributed by atoms with E-state index in [-0.39, 0.29) is 5.91 Å². The van der Waals surface area contributed by atoms with Gasteiger partial charge >= 0.3 is 0 Å². The lowest BCUT2D eigenvalue weighted by atomic mass is 10.1. The van der Waals surface area contributed by atoms with Crippen molar-refractivity contribution in [3.05, 3.63) is 65.2 Å². The Hall–Kier alpha value is -2.80. The summed E-state index contributed by atoms with van der Waals surface area (Å²) in [6.07, 6.45) is 2.09. The van der Waals surface area contributed by atoms with E-state index in [1.54, 1.807) is 19.2 Å². The number of hydrogen-bond acceptors (Lipinski definition) is 3. The van der Waals surface area contributed by atoms with Gasteiger partial charge in [0.1, 0.15) is 5.75 Å². The van der Waals surface area contributed by atoms with Crippen LogP contribution < -0.4 is 4.74 Å². The van der Waals surface area contributed by atoms with E-state index >= 15 is 0 Å². The Morgan fingerprint density at radius 1 is 1.16 bits per heavy atom. The molecule has 0 aromatic heterocycles. The van der Waals surface area contributed by atoms with Gasteiger partial charge < -0.3 is 9.64 Å². The molecule has 0 saturated carbocycles. The van der Waals surface area contributed by atoms with Crippen LogP contribution in [0.15, 0.2) is 48.5 Å². The lowest BCUT2D eigenvalue weighted by Crippen LogP contribution is -2.31. The zero-order valence-corrected chi connectivity index (χ0v) is 14.9. The third-order valence-corrected chi connectivity index (χ3v) is 4.06. The van der Waals surface area contributed by atoms with Crippen LogP contribution in [0.1, 0.15) is 36.5 Å². The first-order valence-electron chi connectivity index (χ1n) is 8.56. The number of rotatable bonds is 8. The molecule has 1 amide bonds. The molecule has 0 fully saturated rings. The normalized spacial score (nSPS) is 10.1. The molecule has 4 heteroatoms. The molecule has 0 aliphatic rings. The molecule has 25 heavy (non-hydrogen) atoms. The summed E-state index contributed by atoms with van der Waals surface area (Å²) in [5, 5.41) is 8.87. The van der Waals surface area contributed by atoms with Crippen molar-refractivity contribution >= 4 is 5.91 Å². The third kappa shape index (κ3) is 5.65. The number of methoxy groups -OCH3 is 1. The van der Waals surface area contributed by atoms with Crippen LogP contribution in [0.5, 0.6) is 5.75 Å². The second-order valence-corrected chi connectivity index (χ2v) is 5.98. The van der Waals surface area contributed by atoms with Crippen LogP contribution in [0.25, 0.3) is 0 Å². The predicted molar refractivity (Wildman–Crippen MR) is 98.2 cm³/mol. The average molecular weight is 336 g/mol. The van der Waals surface area contributed by atoms with Crippen molar-refractivity contribution in [2.75, 3.05) is 13.7 Å². The molecule has 0 aliphatic carbocycles. The van der Waals surface area contributed by atoms with Gasteiger partial charge in [-0.15, -0.1) is 0 Å². The molecule has 0 atom stereocenters. The van der Waals surface area contributed by atoms with Gasteiger partial charge in [-0.2, -0.15) is 5.26 Å². The monoisotopic (exact) mass is 336 g/mol. The zero-order chi connectivity index (χ0) is 18.1. The van der Waals surface area contributed by atoms with Crippen LogP contribution >= 0.6 is 0 Å². The molecule has 2 aromatic carbocycles. The van der Waals surface area contributed by atoms with Crippen molar-refractivity contribution in [3.8, 4) is 11.8 Å². The van der Waals surface area contributed by atoms with Crippen LogP contribution in [0, 0.1) is 11.3 Å². The lowest BCUT2D eigenvalue weighted by molar-refractivity contribution is -0.131. The summed E-state index contributed by atoms with van der Waals surface area (Å²) in [6, 6.07) is 17.4. The van der Waals surface area contributed by atoms with Crippen molar-refractivity contribution in [2.24, 2.45) is 0 Å². The number of amides is 1. The summed E-state index contributed by atoms with van der Waals surface area (Å²) in [6.45, 7) is 3.38. The molecule has 0 spiro atoms. The van der Waals surface area contributed by atoms with E-state index < -0.39 is 0 Å². The SMILES string of the molecule is CCCN(Cc1ccc(C#N)cc1)C(=O)CCc1cccc(OC)c1. The molecule has 0 heterocycles. The molecule has 4 nitrogen and oxygen atoms in total. The Kier molecular flexibility index (Phi) is 7.03. The molecule has 2 rings (SSSR count). The van der Waals surface area contributed by atoms with Crippen molar-refractivity contribution < 1.29 is 9.53 Å². The van der Waals surface area contributed by atoms with E-state index in [1.165, 1.54) is 0 Å². The fourth-order valence-corrected chi connectivity index (χ4v) is 2.70. The molecule has 0 radical (unpaired) electrons. The predicted octanol–water partition coefficient (Wildman–Crippen LogP) is 3.94. The van der Waals surface area contributed by atoms with Crippen LogP contribution in [0.2, 0.25) is 0 Å². The molecular formula is C21H24N2O2. The van der Waals surface area contributed by atoms with Crippen molar-refractivity contribution in [1.29, 1.82) is 5.26 Å². The minimum atomic E-state index is 0.147. The second-order valence-electron chi connectivity index (χ2n) is 5.98. The van der Waals surface area contributed by atoms with Gasteiger partial charge in [0.15, 0.2) is 0 Å². The summed E-state index contributed by atoms with van der Waals surface area (Å²) in [7, 11) is 1.64. The maximum absolute atomic E-state index is 12.6. The Balaban J connectivity index is 1.97. The second kappa shape index (κ2) is 9.48. The van der Waals surface area contributed by atoms with Gasteiger partial charge in [-0.05, 0) is 48.2 Å². The molecule has 2 aromatic rings. The molecule has 0 N–H and O–H groups in total. The van der Waals surface area contributed by atoms with E-state index in [4.69, 9.17) is 10.00 Å². The Labute approximate surface area is 149 Å². The van der Waals surface area contributed by atoms with E-state index in [0.717, 1.165) is 29.8 Å². The zero-order valence-electron chi connectivity index (χ0n) is 14.9. The summed E-state index contributed by atoms with van der Waals surface area (Å²) in [5.41, 5.74) is 2.78. The highest BCUT2D eigenvalue weighted by Gasteiger charge is 2.13. The van der Waals surface area contributed by atoms with Crippen LogP contribution in [0.3, 0.4) is 0 Å². The van der Waals surface area contributed by atoms with Gasteiger partial charge in [0.25, 0.3) is 0 Å². The van der Waals surface area contributed by atoms with Gasteiger partial charge in [-0.1, -0.05) is 31.2 Å². The summed E-state index contributed by atoms with van der Waals surface area (Å²) < 4.78 is 5.23. The van der Waals surface area contributed by atoms with Gasteiger partial charge in [0.2, 0.25) is 5.91 Å². The number of aryl methyl sites for hydroxylation is 1. The first-order valence-corrected chi connectivity index (χ1v) is 8.56. The van der Waals surface area contributed by atoms with Gasteiger partial charge in [0.05, 0.1) is 18.7 Å². The molecular weight excluding hydrogens is 312 g/mol. The fourth-order valence-electron chi connectivity index (χ4n) is 2.70. The van der Waals surface area contributed by atoms with Crippen LogP contribution in [-0.4, -0.2) is 24.5 Å². The topological polar surface area (TPSA) is 53.3 Å². The molecule has 0 aliphatic heterocycles. The Bertz CT molecular complexity index is 732. The van der Waals surface area contributed by atoms with E-state index in [1.807, 2.05) is 41.3 Å². The minimum Gasteiger partial charge on any atom is -0.497 e. The molecule has 0 saturated heterocycles. The first kappa shape index (κ1) is 18.5. The van der Waals surface area contributed by atoms with Crippen molar-refractivity contribution in [1.82, 2.24) is 4.90 Å². The maximum atomic E-state index is 12.6. The average Bonchev–Trinajstić information content (AvgIpc) is 2.66. The number of ether oxygens (including phenoxy) is 1. The van der Waals surface area contributed by atoms with Crippen LogP contribution in [-0.2, 0) is 17.8 Å². The number of nitrogens with zero attached hydrogens (tertiary/aromatic N) is 2. The van der Waals surface area contributed by atoms with Gasteiger partial charge in [-0.3, -0.25) is 4.79 Å². The summed E-state index contributed by atoms with van der Waals surface area (Å²) in [5.74, 6) is 0.960.